The number of fused-ring (bicyclic) bond motifs is 1. The monoisotopic (exact) mass is 555 g/mol. The van der Waals surface area contributed by atoms with E-state index in [1.807, 2.05) is 36.6 Å². The van der Waals surface area contributed by atoms with E-state index >= 15 is 0 Å². The second-order valence-corrected chi connectivity index (χ2v) is 11.0. The first-order chi connectivity index (χ1) is 18.0. The number of nitrogens with one attached hydrogen (secondary N) is 3. The first kappa shape index (κ1) is 27.0. The van der Waals surface area contributed by atoms with Crippen LogP contribution in [-0.4, -0.2) is 47.3 Å². The highest BCUT2D eigenvalue weighted by Gasteiger charge is 2.14. The molecule has 2 aromatic carbocycles. The summed E-state index contributed by atoms with van der Waals surface area (Å²) < 4.78 is 9.70. The van der Waals surface area contributed by atoms with E-state index < -0.39 is 0 Å². The van der Waals surface area contributed by atoms with Crippen molar-refractivity contribution in [3.8, 4) is 5.75 Å². The van der Waals surface area contributed by atoms with Gasteiger partial charge in [-0.15, -0.1) is 11.8 Å². The zero-order valence-electron chi connectivity index (χ0n) is 20.6. The Kier molecular flexibility index (Phi) is 9.83. The summed E-state index contributed by atoms with van der Waals surface area (Å²) in [5.74, 6) is 0.989. The van der Waals surface area contributed by atoms with Gasteiger partial charge in [0.2, 0.25) is 11.9 Å². The van der Waals surface area contributed by atoms with Crippen molar-refractivity contribution < 1.29 is 9.53 Å². The summed E-state index contributed by atoms with van der Waals surface area (Å²) in [6, 6.07) is 14.2. The van der Waals surface area contributed by atoms with Crippen molar-refractivity contribution in [3.05, 3.63) is 60.4 Å². The van der Waals surface area contributed by atoms with E-state index in [1.54, 1.807) is 54.6 Å². The summed E-state index contributed by atoms with van der Waals surface area (Å²) in [7, 11) is 1.67. The van der Waals surface area contributed by atoms with Crippen LogP contribution in [-0.2, 0) is 11.3 Å². The predicted octanol–water partition coefficient (Wildman–Crippen LogP) is 4.63. The normalized spacial score (nSPS) is 11.8. The summed E-state index contributed by atoms with van der Waals surface area (Å²) in [4.78, 5) is 27.0. The van der Waals surface area contributed by atoms with Crippen molar-refractivity contribution in [3.63, 3.8) is 0 Å². The van der Waals surface area contributed by atoms with Crippen LogP contribution in [0.3, 0.4) is 0 Å². The lowest BCUT2D eigenvalue weighted by molar-refractivity contribution is -0.118. The van der Waals surface area contributed by atoms with Crippen molar-refractivity contribution in [2.75, 3.05) is 37.1 Å². The molecule has 194 valence electrons. The second kappa shape index (κ2) is 13.5. The fourth-order valence-electron chi connectivity index (χ4n) is 3.47. The molecule has 4 rings (SSSR count). The maximum atomic E-state index is 11.6. The molecule has 12 heteroatoms. The van der Waals surface area contributed by atoms with E-state index in [4.69, 9.17) is 10.5 Å². The predicted molar refractivity (Wildman–Crippen MR) is 153 cm³/mol. The van der Waals surface area contributed by atoms with Crippen LogP contribution in [0.25, 0.3) is 10.2 Å². The van der Waals surface area contributed by atoms with Crippen molar-refractivity contribution >= 4 is 62.3 Å². The number of nitrogens with zero attached hydrogens (tertiary/aromatic N) is 3. The molecule has 0 saturated carbocycles. The number of hydrogen-bond donors (Lipinski definition) is 4. The first-order valence-electron chi connectivity index (χ1n) is 11.6. The molecule has 2 aromatic heterocycles. The van der Waals surface area contributed by atoms with Crippen LogP contribution in [0.2, 0.25) is 0 Å². The number of carbonyl (C=O) groups is 1. The summed E-state index contributed by atoms with van der Waals surface area (Å²) in [6.45, 7) is 1.80. The van der Waals surface area contributed by atoms with Gasteiger partial charge in [-0.2, -0.15) is 0 Å². The molecule has 1 amide bonds. The van der Waals surface area contributed by atoms with Crippen LogP contribution in [0.4, 0.5) is 11.1 Å². The quantitative estimate of drug-likeness (QED) is 0.129. The van der Waals surface area contributed by atoms with E-state index in [1.165, 1.54) is 5.56 Å². The molecule has 0 aliphatic rings. The standard InChI is InChI=1S/C25H29N7O2S3/c1-34-18-5-3-16(4-6-18)13-31-37-19-7-8-21-22(10-19)36-25(32-21)30-12-17(9-23(26)33)11-27-24-28-14-20(35-2)15-29-24/h3-8,10,14-15,17,31H,9,11-13H2,1-2H3,(H2,26,33)(H,30,32)(H,27,28,29). The van der Waals surface area contributed by atoms with E-state index in [-0.39, 0.29) is 18.2 Å². The van der Waals surface area contributed by atoms with Crippen molar-refractivity contribution in [2.45, 2.75) is 22.8 Å². The summed E-state index contributed by atoms with van der Waals surface area (Å²) in [5, 5.41) is 7.37. The average molecular weight is 556 g/mol. The largest absolute Gasteiger partial charge is 0.497 e. The van der Waals surface area contributed by atoms with Crippen LogP contribution in [0, 0.1) is 5.92 Å². The van der Waals surface area contributed by atoms with E-state index in [2.05, 4.69) is 42.4 Å². The summed E-state index contributed by atoms with van der Waals surface area (Å²) >= 11 is 4.75. The third kappa shape index (κ3) is 8.22. The van der Waals surface area contributed by atoms with E-state index in [0.717, 1.165) is 37.4 Å². The highest BCUT2D eigenvalue weighted by Crippen LogP contribution is 2.30. The fourth-order valence-corrected chi connectivity index (χ4v) is 5.49. The molecule has 1 unspecified atom stereocenters. The zero-order valence-corrected chi connectivity index (χ0v) is 23.0. The van der Waals surface area contributed by atoms with Gasteiger partial charge in [0.05, 0.1) is 17.3 Å². The number of anilines is 2. The zero-order chi connectivity index (χ0) is 26.0. The number of hydrogen-bond acceptors (Lipinski definition) is 11. The topological polar surface area (TPSA) is 127 Å². The Balaban J connectivity index is 1.30. The number of nitrogens with two attached hydrogens (primary N) is 1. The van der Waals surface area contributed by atoms with Crippen molar-refractivity contribution in [1.29, 1.82) is 0 Å². The van der Waals surface area contributed by atoms with E-state index in [0.29, 0.717) is 19.0 Å². The minimum absolute atomic E-state index is 0.0402. The van der Waals surface area contributed by atoms with Crippen LogP contribution < -0.4 is 25.8 Å². The summed E-state index contributed by atoms with van der Waals surface area (Å²) in [6.07, 6.45) is 5.75. The number of amides is 1. The number of ether oxygens (including phenoxy) is 1. The summed E-state index contributed by atoms with van der Waals surface area (Å²) in [5.41, 5.74) is 7.59. The van der Waals surface area contributed by atoms with Crippen molar-refractivity contribution in [2.24, 2.45) is 11.7 Å². The Bertz CT molecular complexity index is 1300. The molecule has 5 N–H and O–H groups in total. The molecule has 4 aromatic rings. The minimum atomic E-state index is -0.347. The van der Waals surface area contributed by atoms with Gasteiger partial charge in [-0.3, -0.25) is 9.52 Å². The second-order valence-electron chi connectivity index (χ2n) is 8.16. The molecule has 0 spiro atoms. The number of carbonyl (C=O) groups excluding carboxylic acids is 1. The molecule has 0 bridgehead atoms. The van der Waals surface area contributed by atoms with Gasteiger partial charge in [-0.05, 0) is 54.1 Å². The van der Waals surface area contributed by atoms with Gasteiger partial charge in [-0.1, -0.05) is 23.5 Å². The lowest BCUT2D eigenvalue weighted by atomic mass is 10.1. The third-order valence-corrected chi connectivity index (χ3v) is 7.87. The number of thioether (sulfide) groups is 1. The number of methoxy groups -OCH3 is 1. The third-order valence-electron chi connectivity index (χ3n) is 5.43. The van der Waals surface area contributed by atoms with Gasteiger partial charge in [0.1, 0.15) is 5.75 Å². The Hall–Kier alpha value is -3.06. The Labute approximate surface area is 228 Å². The maximum absolute atomic E-state index is 11.6. The molecular weight excluding hydrogens is 527 g/mol. The molecule has 2 heterocycles. The maximum Gasteiger partial charge on any atom is 0.222 e. The molecule has 1 atom stereocenters. The van der Waals surface area contributed by atoms with Gasteiger partial charge in [0, 0.05) is 54.2 Å². The molecule has 0 fully saturated rings. The van der Waals surface area contributed by atoms with Gasteiger partial charge in [-0.25, -0.2) is 15.0 Å². The van der Waals surface area contributed by atoms with Crippen LogP contribution in [0.15, 0.2) is 64.6 Å². The Morgan fingerprint density at radius 2 is 1.84 bits per heavy atom. The molecule has 0 radical (unpaired) electrons. The SMILES string of the molecule is COc1ccc(CNSc2ccc3nc(NCC(CNc4ncc(SC)cn4)CC(N)=O)sc3c2)cc1. The number of primary amides is 1. The van der Waals surface area contributed by atoms with Gasteiger partial charge >= 0.3 is 0 Å². The molecule has 0 aliphatic carbocycles. The lowest BCUT2D eigenvalue weighted by Crippen LogP contribution is -2.28. The lowest BCUT2D eigenvalue weighted by Gasteiger charge is -2.16. The molecule has 9 nitrogen and oxygen atoms in total. The Morgan fingerprint density at radius 1 is 1.08 bits per heavy atom. The van der Waals surface area contributed by atoms with Crippen molar-refractivity contribution in [1.82, 2.24) is 19.7 Å². The molecule has 0 aliphatic heterocycles. The number of rotatable bonds is 14. The highest BCUT2D eigenvalue weighted by atomic mass is 32.2. The van der Waals surface area contributed by atoms with Crippen LogP contribution in [0.5, 0.6) is 5.75 Å². The fraction of sp³-hybridized carbons (Fsp3) is 0.280. The average Bonchev–Trinajstić information content (AvgIpc) is 3.33. The number of thiazole rings is 1. The minimum Gasteiger partial charge on any atom is -0.497 e. The number of benzene rings is 2. The highest BCUT2D eigenvalue weighted by molar-refractivity contribution is 7.98. The first-order valence-corrected chi connectivity index (χ1v) is 14.4. The van der Waals surface area contributed by atoms with Gasteiger partial charge < -0.3 is 21.1 Å². The van der Waals surface area contributed by atoms with E-state index in [9.17, 15) is 4.79 Å². The smallest absolute Gasteiger partial charge is 0.222 e. The molecule has 37 heavy (non-hydrogen) atoms. The number of aromatic nitrogens is 3. The van der Waals surface area contributed by atoms with Crippen LogP contribution >= 0.6 is 35.0 Å². The molecular formula is C25H29N7O2S3. The molecule has 0 saturated heterocycles. The van der Waals surface area contributed by atoms with Crippen LogP contribution in [0.1, 0.15) is 12.0 Å². The van der Waals surface area contributed by atoms with Gasteiger partial charge in [0.25, 0.3) is 0 Å². The van der Waals surface area contributed by atoms with Gasteiger partial charge in [0.15, 0.2) is 5.13 Å². The Morgan fingerprint density at radius 3 is 2.54 bits per heavy atom.